The van der Waals surface area contributed by atoms with Gasteiger partial charge in [-0.2, -0.15) is 0 Å². The molecule has 0 spiro atoms. The van der Waals surface area contributed by atoms with E-state index in [1.54, 1.807) is 0 Å². The maximum Gasteiger partial charge on any atom is 0.255 e. The van der Waals surface area contributed by atoms with Crippen molar-refractivity contribution in [1.82, 2.24) is 4.90 Å². The van der Waals surface area contributed by atoms with E-state index in [1.807, 2.05) is 0 Å². The molecule has 0 atom stereocenters. The predicted molar refractivity (Wildman–Crippen MR) is 71.4 cm³/mol. The Labute approximate surface area is 121 Å². The molecule has 1 aliphatic rings. The Hall–Kier alpha value is -2.23. The van der Waals surface area contributed by atoms with Crippen LogP contribution in [-0.2, 0) is 20.9 Å². The number of halogens is 1. The SMILES string of the molecule is O=C1COCC(=O)N1Cc1ccc(F)c(C#CCCO)c1. The molecule has 0 aliphatic carbocycles. The average molecular weight is 291 g/mol. The van der Waals surface area contributed by atoms with Crippen molar-refractivity contribution in [2.75, 3.05) is 19.8 Å². The predicted octanol–water partition coefficient (Wildman–Crippen LogP) is 0.445. The number of hydrogen-bond acceptors (Lipinski definition) is 4. The molecule has 0 saturated carbocycles. The maximum absolute atomic E-state index is 13.6. The van der Waals surface area contributed by atoms with Crippen molar-refractivity contribution >= 4 is 11.8 Å². The molecule has 1 heterocycles. The first-order valence-corrected chi connectivity index (χ1v) is 6.41. The number of hydrogen-bond donors (Lipinski definition) is 1. The van der Waals surface area contributed by atoms with Crippen molar-refractivity contribution in [2.24, 2.45) is 0 Å². The maximum atomic E-state index is 13.6. The summed E-state index contributed by atoms with van der Waals surface area (Å²) in [6.07, 6.45) is 0.254. The van der Waals surface area contributed by atoms with Gasteiger partial charge in [-0.25, -0.2) is 4.39 Å². The number of imide groups is 1. The third kappa shape index (κ3) is 3.88. The number of morpholine rings is 1. The second-order valence-electron chi connectivity index (χ2n) is 4.46. The number of carbonyl (C=O) groups excluding carboxylic acids is 2. The first kappa shape index (κ1) is 15.2. The molecule has 1 aromatic carbocycles. The van der Waals surface area contributed by atoms with Gasteiger partial charge in [0.1, 0.15) is 19.0 Å². The highest BCUT2D eigenvalue weighted by atomic mass is 19.1. The van der Waals surface area contributed by atoms with Gasteiger partial charge in [0, 0.05) is 6.42 Å². The summed E-state index contributed by atoms with van der Waals surface area (Å²) in [5, 5.41) is 8.65. The van der Waals surface area contributed by atoms with Crippen molar-refractivity contribution in [1.29, 1.82) is 0 Å². The van der Waals surface area contributed by atoms with Gasteiger partial charge >= 0.3 is 0 Å². The highest BCUT2D eigenvalue weighted by Gasteiger charge is 2.26. The van der Waals surface area contributed by atoms with Crippen LogP contribution in [-0.4, -0.2) is 41.6 Å². The molecule has 5 nitrogen and oxygen atoms in total. The van der Waals surface area contributed by atoms with E-state index in [0.29, 0.717) is 5.56 Å². The van der Waals surface area contributed by atoms with E-state index in [1.165, 1.54) is 18.2 Å². The summed E-state index contributed by atoms with van der Waals surface area (Å²) in [7, 11) is 0. The van der Waals surface area contributed by atoms with Crippen LogP contribution in [0.3, 0.4) is 0 Å². The molecule has 110 valence electrons. The molecule has 1 saturated heterocycles. The first-order valence-electron chi connectivity index (χ1n) is 6.41. The van der Waals surface area contributed by atoms with Crippen molar-refractivity contribution in [2.45, 2.75) is 13.0 Å². The summed E-state index contributed by atoms with van der Waals surface area (Å²) in [6, 6.07) is 4.24. The monoisotopic (exact) mass is 291 g/mol. The molecule has 1 aliphatic heterocycles. The van der Waals surface area contributed by atoms with Gasteiger partial charge in [0.2, 0.25) is 0 Å². The molecule has 1 fully saturated rings. The van der Waals surface area contributed by atoms with E-state index in [2.05, 4.69) is 11.8 Å². The Morgan fingerprint density at radius 3 is 2.67 bits per heavy atom. The van der Waals surface area contributed by atoms with E-state index < -0.39 is 17.6 Å². The fraction of sp³-hybridized carbons (Fsp3) is 0.333. The van der Waals surface area contributed by atoms with Gasteiger partial charge in [-0.15, -0.1) is 0 Å². The lowest BCUT2D eigenvalue weighted by atomic mass is 10.1. The molecule has 0 unspecified atom stereocenters. The lowest BCUT2D eigenvalue weighted by Gasteiger charge is -2.24. The number of nitrogens with zero attached hydrogens (tertiary/aromatic N) is 1. The van der Waals surface area contributed by atoms with E-state index >= 15 is 0 Å². The number of aliphatic hydroxyl groups is 1. The van der Waals surface area contributed by atoms with Gasteiger partial charge in [0.05, 0.1) is 18.7 Å². The Kier molecular flexibility index (Phi) is 5.04. The Morgan fingerprint density at radius 2 is 2.00 bits per heavy atom. The summed E-state index contributed by atoms with van der Waals surface area (Å²) in [6.45, 7) is -0.284. The lowest BCUT2D eigenvalue weighted by Crippen LogP contribution is -2.45. The Balaban J connectivity index is 2.17. The summed E-state index contributed by atoms with van der Waals surface area (Å²) in [4.78, 5) is 24.3. The molecular weight excluding hydrogens is 277 g/mol. The van der Waals surface area contributed by atoms with Gasteiger partial charge < -0.3 is 9.84 Å². The van der Waals surface area contributed by atoms with Gasteiger partial charge in [-0.3, -0.25) is 14.5 Å². The molecule has 1 N–H and O–H groups in total. The smallest absolute Gasteiger partial charge is 0.255 e. The second-order valence-corrected chi connectivity index (χ2v) is 4.46. The van der Waals surface area contributed by atoms with Crippen LogP contribution in [0.2, 0.25) is 0 Å². The number of ether oxygens (including phenoxy) is 1. The van der Waals surface area contributed by atoms with Crippen LogP contribution in [0.15, 0.2) is 18.2 Å². The van der Waals surface area contributed by atoms with Crippen molar-refractivity contribution in [3.8, 4) is 11.8 Å². The van der Waals surface area contributed by atoms with Crippen LogP contribution in [0.25, 0.3) is 0 Å². The first-order chi connectivity index (χ1) is 10.1. The quantitative estimate of drug-likeness (QED) is 0.648. The van der Waals surface area contributed by atoms with E-state index in [9.17, 15) is 14.0 Å². The topological polar surface area (TPSA) is 66.8 Å². The number of aliphatic hydroxyl groups excluding tert-OH is 1. The van der Waals surface area contributed by atoms with Gasteiger partial charge in [0.15, 0.2) is 0 Å². The zero-order valence-corrected chi connectivity index (χ0v) is 11.3. The highest BCUT2D eigenvalue weighted by molar-refractivity contribution is 5.98. The zero-order valence-electron chi connectivity index (χ0n) is 11.3. The summed E-state index contributed by atoms with van der Waals surface area (Å²) in [5.41, 5.74) is 0.780. The number of benzene rings is 1. The molecule has 2 rings (SSSR count). The minimum atomic E-state index is -0.483. The average Bonchev–Trinajstić information content (AvgIpc) is 2.46. The lowest BCUT2D eigenvalue weighted by molar-refractivity contribution is -0.159. The molecule has 0 bridgehead atoms. The van der Waals surface area contributed by atoms with E-state index in [-0.39, 0.29) is 38.3 Å². The standard InChI is InChI=1S/C15H14FNO4/c16-13-5-4-11(7-12(13)3-1-2-6-18)8-17-14(19)9-21-10-15(17)20/h4-5,7,18H,2,6,8-10H2. The van der Waals surface area contributed by atoms with Crippen LogP contribution >= 0.6 is 0 Å². The van der Waals surface area contributed by atoms with Crippen molar-refractivity contribution < 1.29 is 23.8 Å². The highest BCUT2D eigenvalue weighted by Crippen LogP contribution is 2.13. The van der Waals surface area contributed by atoms with Crippen molar-refractivity contribution in [3.05, 3.63) is 35.1 Å². The normalized spacial score (nSPS) is 14.9. The van der Waals surface area contributed by atoms with Gasteiger partial charge in [-0.05, 0) is 17.7 Å². The third-order valence-electron chi connectivity index (χ3n) is 2.88. The zero-order chi connectivity index (χ0) is 15.2. The van der Waals surface area contributed by atoms with E-state index in [4.69, 9.17) is 9.84 Å². The van der Waals surface area contributed by atoms with Crippen molar-refractivity contribution in [3.63, 3.8) is 0 Å². The number of amides is 2. The van der Waals surface area contributed by atoms with Crippen LogP contribution in [0.5, 0.6) is 0 Å². The summed E-state index contributed by atoms with van der Waals surface area (Å²) in [5.74, 6) is 3.94. The Bertz CT molecular complexity index is 602. The molecule has 1 aromatic rings. The molecule has 0 aromatic heterocycles. The van der Waals surface area contributed by atoms with E-state index in [0.717, 1.165) is 4.90 Å². The molecule has 0 radical (unpaired) electrons. The summed E-state index contributed by atoms with van der Waals surface area (Å²) < 4.78 is 18.4. The second kappa shape index (κ2) is 6.97. The van der Waals surface area contributed by atoms with Crippen LogP contribution < -0.4 is 0 Å². The number of rotatable bonds is 3. The van der Waals surface area contributed by atoms with Crippen LogP contribution in [0.4, 0.5) is 4.39 Å². The molecular formula is C15H14FNO4. The third-order valence-corrected chi connectivity index (χ3v) is 2.88. The Morgan fingerprint density at radius 1 is 1.29 bits per heavy atom. The molecule has 21 heavy (non-hydrogen) atoms. The fourth-order valence-corrected chi connectivity index (χ4v) is 1.86. The number of carbonyl (C=O) groups is 2. The molecule has 6 heteroatoms. The minimum Gasteiger partial charge on any atom is -0.395 e. The minimum absolute atomic E-state index is 0.0655. The summed E-state index contributed by atoms with van der Waals surface area (Å²) >= 11 is 0. The molecule has 2 amide bonds. The largest absolute Gasteiger partial charge is 0.395 e. The van der Waals surface area contributed by atoms with Crippen LogP contribution in [0.1, 0.15) is 17.5 Å². The van der Waals surface area contributed by atoms with Crippen LogP contribution in [0, 0.1) is 17.7 Å². The van der Waals surface area contributed by atoms with Gasteiger partial charge in [0.25, 0.3) is 11.8 Å². The fourth-order valence-electron chi connectivity index (χ4n) is 1.86. The van der Waals surface area contributed by atoms with Gasteiger partial charge in [-0.1, -0.05) is 17.9 Å².